The second kappa shape index (κ2) is 10.2. The Morgan fingerprint density at radius 2 is 1.89 bits per heavy atom. The van der Waals surface area contributed by atoms with Gasteiger partial charge in [0, 0.05) is 19.9 Å². The highest BCUT2D eigenvalue weighted by molar-refractivity contribution is 7.99. The molecule has 0 radical (unpaired) electrons. The highest BCUT2D eigenvalue weighted by Crippen LogP contribution is 2.16. The Kier molecular flexibility index (Phi) is 8.85. The van der Waals surface area contributed by atoms with Crippen molar-refractivity contribution in [2.75, 3.05) is 45.9 Å². The summed E-state index contributed by atoms with van der Waals surface area (Å²) < 4.78 is 17.5. The molecule has 110 valence electrons. The molecular weight excluding hydrogens is 268 g/mol. The molecule has 1 aromatic heterocycles. The number of hydrogen-bond acceptors (Lipinski definition) is 6. The maximum atomic E-state index is 9.04. The zero-order valence-electron chi connectivity index (χ0n) is 11.5. The molecule has 1 aromatic rings. The molecule has 7 heteroatoms. The van der Waals surface area contributed by atoms with Gasteiger partial charge in [0.25, 0.3) is 0 Å². The number of nitrogens with zero attached hydrogens (tertiary/aromatic N) is 2. The first-order valence-electron chi connectivity index (χ1n) is 6.18. The van der Waals surface area contributed by atoms with Crippen molar-refractivity contribution >= 4 is 11.8 Å². The topological polar surface area (TPSA) is 65.7 Å². The zero-order valence-corrected chi connectivity index (χ0v) is 12.3. The van der Waals surface area contributed by atoms with Crippen LogP contribution in [0.25, 0.3) is 0 Å². The molecule has 0 saturated heterocycles. The predicted molar refractivity (Wildman–Crippen MR) is 73.4 cm³/mol. The van der Waals surface area contributed by atoms with Gasteiger partial charge in [-0.3, -0.25) is 0 Å². The van der Waals surface area contributed by atoms with E-state index in [1.807, 2.05) is 11.6 Å². The third-order valence-corrected chi connectivity index (χ3v) is 3.47. The van der Waals surface area contributed by atoms with Crippen molar-refractivity contribution in [3.8, 4) is 0 Å². The molecule has 0 atom stereocenters. The molecule has 0 spiro atoms. The van der Waals surface area contributed by atoms with Gasteiger partial charge in [0.1, 0.15) is 0 Å². The summed E-state index contributed by atoms with van der Waals surface area (Å²) in [6, 6.07) is 0. The first kappa shape index (κ1) is 16.5. The minimum absolute atomic E-state index is 0.0133. The van der Waals surface area contributed by atoms with Gasteiger partial charge in [0.05, 0.1) is 51.5 Å². The van der Waals surface area contributed by atoms with Gasteiger partial charge in [-0.2, -0.15) is 0 Å². The second-order valence-electron chi connectivity index (χ2n) is 3.82. The van der Waals surface area contributed by atoms with Crippen molar-refractivity contribution in [2.45, 2.75) is 11.8 Å². The lowest BCUT2D eigenvalue weighted by Crippen LogP contribution is -2.09. The molecule has 0 aliphatic rings. The first-order valence-corrected chi connectivity index (χ1v) is 7.16. The predicted octanol–water partition coefficient (Wildman–Crippen LogP) is 0.684. The second-order valence-corrected chi connectivity index (χ2v) is 4.88. The van der Waals surface area contributed by atoms with E-state index in [4.69, 9.17) is 19.3 Å². The Bertz CT molecular complexity index is 346. The van der Waals surface area contributed by atoms with E-state index in [1.54, 1.807) is 25.1 Å². The summed E-state index contributed by atoms with van der Waals surface area (Å²) in [6.07, 6.45) is 1.69. The van der Waals surface area contributed by atoms with Crippen LogP contribution in [0.2, 0.25) is 0 Å². The van der Waals surface area contributed by atoms with Crippen LogP contribution in [0.3, 0.4) is 0 Å². The van der Waals surface area contributed by atoms with E-state index in [-0.39, 0.29) is 6.61 Å². The highest BCUT2D eigenvalue weighted by Gasteiger charge is 2.05. The van der Waals surface area contributed by atoms with Crippen molar-refractivity contribution in [1.29, 1.82) is 0 Å². The van der Waals surface area contributed by atoms with Crippen LogP contribution in [0.5, 0.6) is 0 Å². The Hall–Kier alpha value is -0.600. The number of ether oxygens (including phenoxy) is 3. The van der Waals surface area contributed by atoms with Gasteiger partial charge in [-0.05, 0) is 0 Å². The van der Waals surface area contributed by atoms with E-state index in [1.165, 1.54) is 0 Å². The summed E-state index contributed by atoms with van der Waals surface area (Å²) in [5.74, 6) is 0.827. The fourth-order valence-electron chi connectivity index (χ4n) is 1.36. The van der Waals surface area contributed by atoms with Crippen LogP contribution in [0.4, 0.5) is 0 Å². The maximum absolute atomic E-state index is 9.04. The number of aliphatic hydroxyl groups excluding tert-OH is 1. The first-order chi connectivity index (χ1) is 9.29. The molecule has 1 rings (SSSR count). The SMILES string of the molecule is COCCOCCOCCSc1ncc(CO)n1C. The van der Waals surface area contributed by atoms with Crippen LogP contribution < -0.4 is 0 Å². The van der Waals surface area contributed by atoms with Gasteiger partial charge in [-0.1, -0.05) is 11.8 Å². The molecule has 0 aliphatic carbocycles. The van der Waals surface area contributed by atoms with Crippen LogP contribution in [0.1, 0.15) is 5.69 Å². The fourth-order valence-corrected chi connectivity index (χ4v) is 2.18. The largest absolute Gasteiger partial charge is 0.390 e. The van der Waals surface area contributed by atoms with Gasteiger partial charge in [-0.25, -0.2) is 4.98 Å². The minimum atomic E-state index is 0.0133. The van der Waals surface area contributed by atoms with E-state index >= 15 is 0 Å². The molecule has 0 saturated carbocycles. The number of aliphatic hydroxyl groups is 1. The van der Waals surface area contributed by atoms with E-state index in [0.717, 1.165) is 16.6 Å². The lowest BCUT2D eigenvalue weighted by Gasteiger charge is -2.06. The van der Waals surface area contributed by atoms with Gasteiger partial charge < -0.3 is 23.9 Å². The molecule has 0 fully saturated rings. The van der Waals surface area contributed by atoms with Crippen molar-refractivity contribution < 1.29 is 19.3 Å². The smallest absolute Gasteiger partial charge is 0.168 e. The molecule has 0 aromatic carbocycles. The van der Waals surface area contributed by atoms with Crippen molar-refractivity contribution in [2.24, 2.45) is 7.05 Å². The van der Waals surface area contributed by atoms with Crippen LogP contribution in [-0.2, 0) is 27.9 Å². The molecule has 1 N–H and O–H groups in total. The van der Waals surface area contributed by atoms with Gasteiger partial charge in [-0.15, -0.1) is 0 Å². The third kappa shape index (κ3) is 6.40. The van der Waals surface area contributed by atoms with E-state index < -0.39 is 0 Å². The molecule has 0 bridgehead atoms. The normalized spacial score (nSPS) is 11.1. The highest BCUT2D eigenvalue weighted by atomic mass is 32.2. The molecule has 0 aliphatic heterocycles. The third-order valence-electron chi connectivity index (χ3n) is 2.47. The average Bonchev–Trinajstić information content (AvgIpc) is 2.78. The lowest BCUT2D eigenvalue weighted by atomic mass is 10.5. The summed E-state index contributed by atoms with van der Waals surface area (Å²) in [5.41, 5.74) is 0.815. The Labute approximate surface area is 118 Å². The Morgan fingerprint density at radius 1 is 1.21 bits per heavy atom. The summed E-state index contributed by atoms with van der Waals surface area (Å²) in [4.78, 5) is 4.23. The van der Waals surface area contributed by atoms with Gasteiger partial charge in [0.2, 0.25) is 0 Å². The summed E-state index contributed by atoms with van der Waals surface area (Å²) >= 11 is 1.61. The molecular formula is C12H22N2O4S. The van der Waals surface area contributed by atoms with Crippen LogP contribution >= 0.6 is 11.8 Å². The summed E-state index contributed by atoms with van der Waals surface area (Å²) in [5, 5.41) is 9.94. The van der Waals surface area contributed by atoms with E-state index in [2.05, 4.69) is 4.98 Å². The van der Waals surface area contributed by atoms with Crippen LogP contribution in [0, 0.1) is 0 Å². The van der Waals surface area contributed by atoms with Gasteiger partial charge >= 0.3 is 0 Å². The lowest BCUT2D eigenvalue weighted by molar-refractivity contribution is 0.0286. The van der Waals surface area contributed by atoms with E-state index in [9.17, 15) is 0 Å². The minimum Gasteiger partial charge on any atom is -0.390 e. The molecule has 19 heavy (non-hydrogen) atoms. The average molecular weight is 290 g/mol. The zero-order chi connectivity index (χ0) is 13.9. The van der Waals surface area contributed by atoms with E-state index in [0.29, 0.717) is 33.0 Å². The molecule has 0 amide bonds. The van der Waals surface area contributed by atoms with Gasteiger partial charge in [0.15, 0.2) is 5.16 Å². The molecule has 6 nitrogen and oxygen atoms in total. The number of thioether (sulfide) groups is 1. The summed E-state index contributed by atoms with van der Waals surface area (Å²) in [7, 11) is 3.54. The quantitative estimate of drug-likeness (QED) is 0.478. The maximum Gasteiger partial charge on any atom is 0.168 e. The number of rotatable bonds is 11. The van der Waals surface area contributed by atoms with Crippen molar-refractivity contribution in [3.63, 3.8) is 0 Å². The number of hydrogen-bond donors (Lipinski definition) is 1. The summed E-state index contributed by atoms with van der Waals surface area (Å²) in [6.45, 7) is 3.06. The Morgan fingerprint density at radius 3 is 2.53 bits per heavy atom. The number of aromatic nitrogens is 2. The molecule has 0 unspecified atom stereocenters. The standard InChI is InChI=1S/C12H22N2O4S/c1-14-11(10-15)9-13-12(14)19-8-7-18-6-5-17-4-3-16-2/h9,15H,3-8,10H2,1-2H3. The fraction of sp³-hybridized carbons (Fsp3) is 0.750. The Balaban J connectivity index is 2.00. The van der Waals surface area contributed by atoms with Crippen molar-refractivity contribution in [1.82, 2.24) is 9.55 Å². The van der Waals surface area contributed by atoms with Crippen LogP contribution in [-0.4, -0.2) is 60.6 Å². The van der Waals surface area contributed by atoms with Crippen LogP contribution in [0.15, 0.2) is 11.4 Å². The number of methoxy groups -OCH3 is 1. The number of imidazole rings is 1. The van der Waals surface area contributed by atoms with Crippen molar-refractivity contribution in [3.05, 3.63) is 11.9 Å². The monoisotopic (exact) mass is 290 g/mol. The molecule has 1 heterocycles.